The highest BCUT2D eigenvalue weighted by molar-refractivity contribution is 5.99. The first-order chi connectivity index (χ1) is 21.9. The zero-order chi connectivity index (χ0) is 32.7. The highest BCUT2D eigenvalue weighted by atomic mass is 19.4. The lowest BCUT2D eigenvalue weighted by Gasteiger charge is -2.41. The molecule has 12 nitrogen and oxygen atoms in total. The van der Waals surface area contributed by atoms with Crippen molar-refractivity contribution in [3.05, 3.63) is 98.5 Å². The number of anilines is 2. The van der Waals surface area contributed by atoms with Crippen LogP contribution in [0, 0.1) is 6.92 Å². The molecule has 4 aromatic rings. The summed E-state index contributed by atoms with van der Waals surface area (Å²) in [6.07, 6.45) is -0.257. The maximum Gasteiger partial charge on any atom is 0.519 e. The Morgan fingerprint density at radius 1 is 1.11 bits per heavy atom. The van der Waals surface area contributed by atoms with Gasteiger partial charge in [0.25, 0.3) is 5.91 Å². The number of carboxylic acids is 1. The van der Waals surface area contributed by atoms with Crippen LogP contribution in [0.25, 0.3) is 0 Å². The normalized spacial score (nSPS) is 18.4. The van der Waals surface area contributed by atoms with E-state index in [4.69, 9.17) is 8.83 Å². The number of carbonyl (C=O) groups is 2. The van der Waals surface area contributed by atoms with Gasteiger partial charge in [-0.25, -0.2) is 24.5 Å². The number of aromatic carboxylic acids is 1. The molecule has 6 rings (SSSR count). The fraction of sp³-hybridized carbons (Fsp3) is 0.355. The molecular weight excluding hydrogens is 609 g/mol. The van der Waals surface area contributed by atoms with Crippen LogP contribution in [0.4, 0.5) is 24.8 Å². The van der Waals surface area contributed by atoms with Gasteiger partial charge in [-0.15, -0.1) is 0 Å². The summed E-state index contributed by atoms with van der Waals surface area (Å²) >= 11 is 0. The molecule has 3 aromatic heterocycles. The Morgan fingerprint density at radius 2 is 1.87 bits per heavy atom. The Kier molecular flexibility index (Phi) is 8.10. The largest absolute Gasteiger partial charge is 0.519 e. The molecule has 0 radical (unpaired) electrons. The summed E-state index contributed by atoms with van der Waals surface area (Å²) in [5.74, 6) is -1.98. The van der Waals surface area contributed by atoms with E-state index in [1.165, 1.54) is 31.3 Å². The van der Waals surface area contributed by atoms with Gasteiger partial charge < -0.3 is 24.2 Å². The molecule has 2 aliphatic heterocycles. The molecule has 0 unspecified atom stereocenters. The number of amides is 1. The van der Waals surface area contributed by atoms with E-state index < -0.39 is 23.5 Å². The second-order valence-electron chi connectivity index (χ2n) is 11.4. The van der Waals surface area contributed by atoms with Gasteiger partial charge in [0.05, 0.1) is 11.3 Å². The molecule has 1 fully saturated rings. The van der Waals surface area contributed by atoms with E-state index >= 15 is 0 Å². The van der Waals surface area contributed by atoms with Gasteiger partial charge in [-0.1, -0.05) is 0 Å². The van der Waals surface area contributed by atoms with E-state index in [0.29, 0.717) is 38.2 Å². The number of carbonyl (C=O) groups excluding carboxylic acids is 1. The van der Waals surface area contributed by atoms with E-state index in [2.05, 4.69) is 25.2 Å². The zero-order valence-electron chi connectivity index (χ0n) is 24.8. The standard InChI is InChI=1S/C31H29F3N6O6/c1-16-11-21(39-14-18-13-36-29(38-24(18)15-39)37-20-5-3-19(4-6-20)31(32,33)34)8-10-40(16)27(41)22-7-9-35-26(28(42)43)23(22)12-25-17(2)45-30(44)46-25/h3-7,9,13,16,21H,8,10-12,14-15H2,1-2H3,(H,42,43)(H,36,37,38)/t16-,21-/m1/s1. The SMILES string of the molecule is Cc1oc(=O)oc1Cc1c(C(=O)N2CC[C@@H](N3Cc4cnc(Nc5ccc(C(F)(F)F)cc5)nc4C3)C[C@H]2C)ccnc1C(=O)O. The summed E-state index contributed by atoms with van der Waals surface area (Å²) in [7, 11) is 0. The summed E-state index contributed by atoms with van der Waals surface area (Å²) in [6.45, 7) is 5.05. The van der Waals surface area contributed by atoms with Crippen molar-refractivity contribution in [3.63, 3.8) is 0 Å². The van der Waals surface area contributed by atoms with Gasteiger partial charge in [-0.3, -0.25) is 9.69 Å². The second kappa shape index (κ2) is 12.0. The molecule has 15 heteroatoms. The van der Waals surface area contributed by atoms with Gasteiger partial charge in [0.2, 0.25) is 5.95 Å². The first kappa shape index (κ1) is 31.0. The Hall–Kier alpha value is -5.05. The Bertz CT molecular complexity index is 1850. The smallest absolute Gasteiger partial charge is 0.477 e. The van der Waals surface area contributed by atoms with E-state index in [9.17, 15) is 32.7 Å². The number of piperidine rings is 1. The number of aryl methyl sites for hydroxylation is 1. The number of halogens is 3. The number of hydrogen-bond donors (Lipinski definition) is 2. The predicted molar refractivity (Wildman–Crippen MR) is 156 cm³/mol. The number of nitrogens with zero attached hydrogens (tertiary/aromatic N) is 5. The molecule has 5 heterocycles. The molecule has 1 aromatic carbocycles. The summed E-state index contributed by atoms with van der Waals surface area (Å²) in [6, 6.07) is 6.08. The molecule has 0 spiro atoms. The third kappa shape index (κ3) is 6.22. The maximum atomic E-state index is 13.8. The van der Waals surface area contributed by atoms with Crippen molar-refractivity contribution in [1.29, 1.82) is 0 Å². The molecule has 2 N–H and O–H groups in total. The van der Waals surface area contributed by atoms with Gasteiger partial charge >= 0.3 is 18.0 Å². The summed E-state index contributed by atoms with van der Waals surface area (Å²) in [4.78, 5) is 54.3. The van der Waals surface area contributed by atoms with Gasteiger partial charge in [-0.2, -0.15) is 13.2 Å². The van der Waals surface area contributed by atoms with Gasteiger partial charge in [0.15, 0.2) is 11.5 Å². The average molecular weight is 639 g/mol. The number of nitrogens with one attached hydrogen (secondary N) is 1. The molecule has 0 bridgehead atoms. The second-order valence-corrected chi connectivity index (χ2v) is 11.4. The molecule has 2 aliphatic rings. The minimum absolute atomic E-state index is 0.121. The fourth-order valence-electron chi connectivity index (χ4n) is 6.06. The third-order valence-electron chi connectivity index (χ3n) is 8.44. The number of rotatable bonds is 7. The average Bonchev–Trinajstić information content (AvgIpc) is 3.57. The maximum absolute atomic E-state index is 13.8. The van der Waals surface area contributed by atoms with Crippen LogP contribution >= 0.6 is 0 Å². The quantitative estimate of drug-likeness (QED) is 0.287. The minimum Gasteiger partial charge on any atom is -0.477 e. The zero-order valence-corrected chi connectivity index (χ0v) is 24.8. The van der Waals surface area contributed by atoms with Crippen LogP contribution in [0.15, 0.2) is 56.4 Å². The number of pyridine rings is 1. The van der Waals surface area contributed by atoms with Crippen LogP contribution in [0.3, 0.4) is 0 Å². The van der Waals surface area contributed by atoms with Gasteiger partial charge in [0, 0.05) is 72.9 Å². The molecule has 1 amide bonds. The van der Waals surface area contributed by atoms with Crippen molar-refractivity contribution in [3.8, 4) is 0 Å². The molecule has 2 atom stereocenters. The van der Waals surface area contributed by atoms with E-state index in [1.807, 2.05) is 6.92 Å². The Morgan fingerprint density at radius 3 is 2.52 bits per heavy atom. The van der Waals surface area contributed by atoms with Crippen molar-refractivity contribution in [2.45, 2.75) is 64.5 Å². The van der Waals surface area contributed by atoms with Gasteiger partial charge in [0.1, 0.15) is 5.76 Å². The highest BCUT2D eigenvalue weighted by Gasteiger charge is 2.36. The van der Waals surface area contributed by atoms with Crippen molar-refractivity contribution in [2.75, 3.05) is 11.9 Å². The van der Waals surface area contributed by atoms with Crippen molar-refractivity contribution in [2.24, 2.45) is 0 Å². The number of carboxylic acid groups (broad SMARTS) is 1. The molecule has 240 valence electrons. The van der Waals surface area contributed by atoms with E-state index in [-0.39, 0.29) is 58.7 Å². The first-order valence-electron chi connectivity index (χ1n) is 14.5. The van der Waals surface area contributed by atoms with Crippen LogP contribution in [0.2, 0.25) is 0 Å². The number of hydrogen-bond acceptors (Lipinski definition) is 10. The Labute approximate surface area is 259 Å². The lowest BCUT2D eigenvalue weighted by atomic mass is 9.94. The lowest BCUT2D eigenvalue weighted by molar-refractivity contribution is -0.137. The number of fused-ring (bicyclic) bond motifs is 1. The van der Waals surface area contributed by atoms with Crippen molar-refractivity contribution in [1.82, 2.24) is 24.8 Å². The first-order valence-corrected chi connectivity index (χ1v) is 14.5. The number of benzene rings is 1. The minimum atomic E-state index is -4.42. The lowest BCUT2D eigenvalue weighted by Crippen LogP contribution is -2.50. The van der Waals surface area contributed by atoms with Gasteiger partial charge in [-0.05, 0) is 57.0 Å². The van der Waals surface area contributed by atoms with Crippen LogP contribution < -0.4 is 11.1 Å². The number of alkyl halides is 3. The van der Waals surface area contributed by atoms with Crippen molar-refractivity contribution >= 4 is 23.5 Å². The van der Waals surface area contributed by atoms with Crippen LogP contribution in [0.1, 0.15) is 74.5 Å². The topological polar surface area (TPSA) is 155 Å². The monoisotopic (exact) mass is 638 g/mol. The predicted octanol–water partition coefficient (Wildman–Crippen LogP) is 4.79. The van der Waals surface area contributed by atoms with Crippen LogP contribution in [-0.4, -0.2) is 60.4 Å². The van der Waals surface area contributed by atoms with Crippen molar-refractivity contribution < 1.29 is 36.7 Å². The van der Waals surface area contributed by atoms with E-state index in [0.717, 1.165) is 23.4 Å². The highest BCUT2D eigenvalue weighted by Crippen LogP contribution is 2.33. The molecule has 0 saturated carbocycles. The third-order valence-corrected chi connectivity index (χ3v) is 8.44. The van der Waals surface area contributed by atoms with Crippen LogP contribution in [-0.2, 0) is 25.7 Å². The molecule has 1 saturated heterocycles. The summed E-state index contributed by atoms with van der Waals surface area (Å²) < 4.78 is 48.7. The molecular formula is C31H29F3N6O6. The van der Waals surface area contributed by atoms with E-state index in [1.54, 1.807) is 11.1 Å². The number of aromatic nitrogens is 3. The summed E-state index contributed by atoms with van der Waals surface area (Å²) in [5, 5.41) is 12.7. The Balaban J connectivity index is 1.12. The summed E-state index contributed by atoms with van der Waals surface area (Å²) in [5.41, 5.74) is 1.46. The number of likely N-dealkylation sites (tertiary alicyclic amines) is 1. The van der Waals surface area contributed by atoms with Crippen LogP contribution in [0.5, 0.6) is 0 Å². The fourth-order valence-corrected chi connectivity index (χ4v) is 6.06. The molecule has 46 heavy (non-hydrogen) atoms. The molecule has 0 aliphatic carbocycles.